The van der Waals surface area contributed by atoms with Crippen LogP contribution in [0.3, 0.4) is 0 Å². The van der Waals surface area contributed by atoms with Crippen LogP contribution in [-0.2, 0) is 11.2 Å². The maximum absolute atomic E-state index is 13.1. The summed E-state index contributed by atoms with van der Waals surface area (Å²) in [6, 6.07) is 6.27. The molecule has 0 saturated carbocycles. The monoisotopic (exact) mass is 493 g/mol. The van der Waals surface area contributed by atoms with Crippen LogP contribution < -0.4 is 16.4 Å². The number of H-pyrrole nitrogens is 1. The van der Waals surface area contributed by atoms with E-state index in [1.165, 1.54) is 28.8 Å². The zero-order valence-electron chi connectivity index (χ0n) is 19.4. The molecule has 0 aromatic carbocycles. The van der Waals surface area contributed by atoms with Gasteiger partial charge in [-0.25, -0.2) is 9.97 Å². The lowest BCUT2D eigenvalue weighted by Gasteiger charge is -2.14. The average Bonchev–Trinajstić information content (AvgIpc) is 3.53. The van der Waals surface area contributed by atoms with Crippen molar-refractivity contribution in [2.24, 2.45) is 0 Å². The summed E-state index contributed by atoms with van der Waals surface area (Å²) in [6.07, 6.45) is 2.14. The number of anilines is 1. The van der Waals surface area contributed by atoms with Crippen molar-refractivity contribution in [1.29, 1.82) is 0 Å². The number of furan rings is 1. The highest BCUT2D eigenvalue weighted by Gasteiger charge is 2.28. The van der Waals surface area contributed by atoms with E-state index in [2.05, 4.69) is 25.4 Å². The van der Waals surface area contributed by atoms with Crippen LogP contribution in [0.2, 0.25) is 0 Å². The van der Waals surface area contributed by atoms with Gasteiger partial charge < -0.3 is 9.73 Å². The molecule has 1 atom stereocenters. The molecule has 2 N–H and O–H groups in total. The summed E-state index contributed by atoms with van der Waals surface area (Å²) in [6.45, 7) is 5.41. The van der Waals surface area contributed by atoms with Gasteiger partial charge in [-0.05, 0) is 32.4 Å². The van der Waals surface area contributed by atoms with Crippen LogP contribution >= 0.6 is 11.8 Å². The van der Waals surface area contributed by atoms with Gasteiger partial charge in [-0.2, -0.15) is 9.78 Å². The number of nitrogens with zero attached hydrogens (tertiary/aromatic N) is 5. The van der Waals surface area contributed by atoms with Gasteiger partial charge in [-0.1, -0.05) is 18.7 Å². The molecule has 0 saturated heterocycles. The molecule has 1 amide bonds. The second-order valence-electron chi connectivity index (χ2n) is 8.22. The van der Waals surface area contributed by atoms with E-state index < -0.39 is 0 Å². The zero-order chi connectivity index (χ0) is 24.7. The summed E-state index contributed by atoms with van der Waals surface area (Å²) in [7, 11) is 0. The van der Waals surface area contributed by atoms with Gasteiger partial charge in [0.1, 0.15) is 11.5 Å². The molecule has 0 aliphatic carbocycles. The Morgan fingerprint density at radius 1 is 1.29 bits per heavy atom. The molecule has 0 fully saturated rings. The summed E-state index contributed by atoms with van der Waals surface area (Å²) in [5.41, 5.74) is 1.85. The van der Waals surface area contributed by atoms with E-state index in [9.17, 15) is 14.4 Å². The van der Waals surface area contributed by atoms with Crippen LogP contribution in [0.5, 0.6) is 0 Å². The highest BCUT2D eigenvalue weighted by molar-refractivity contribution is 7.99. The van der Waals surface area contributed by atoms with Gasteiger partial charge in [0, 0.05) is 41.3 Å². The molecule has 0 bridgehead atoms. The summed E-state index contributed by atoms with van der Waals surface area (Å²) in [5, 5.41) is 7.99. The molecule has 11 nitrogen and oxygen atoms in total. The van der Waals surface area contributed by atoms with E-state index in [1.807, 2.05) is 6.92 Å². The quantitative estimate of drug-likeness (QED) is 0.391. The first-order chi connectivity index (χ1) is 16.8. The van der Waals surface area contributed by atoms with Crippen molar-refractivity contribution >= 4 is 23.5 Å². The van der Waals surface area contributed by atoms with E-state index >= 15 is 0 Å². The van der Waals surface area contributed by atoms with E-state index in [1.54, 1.807) is 36.6 Å². The normalized spacial score (nSPS) is 14.8. The number of nitrogens with one attached hydrogen (secondary N) is 2. The number of carbonyl (C=O) groups is 1. The van der Waals surface area contributed by atoms with Gasteiger partial charge in [0.15, 0.2) is 10.9 Å². The number of carbonyl (C=O) groups excluding carboxylic acids is 1. The molecule has 5 rings (SSSR count). The highest BCUT2D eigenvalue weighted by Crippen LogP contribution is 2.32. The average molecular weight is 494 g/mol. The summed E-state index contributed by atoms with van der Waals surface area (Å²) >= 11 is 1.45. The second kappa shape index (κ2) is 9.02. The minimum atomic E-state index is -0.319. The number of amides is 1. The maximum atomic E-state index is 13.1. The van der Waals surface area contributed by atoms with Crippen molar-refractivity contribution in [3.8, 4) is 17.4 Å². The lowest BCUT2D eigenvalue weighted by atomic mass is 10.2. The van der Waals surface area contributed by atoms with Crippen LogP contribution in [0.25, 0.3) is 17.4 Å². The van der Waals surface area contributed by atoms with E-state index in [4.69, 9.17) is 4.42 Å². The largest absolute Gasteiger partial charge is 0.463 e. The van der Waals surface area contributed by atoms with Crippen molar-refractivity contribution in [1.82, 2.24) is 29.3 Å². The molecule has 35 heavy (non-hydrogen) atoms. The molecule has 4 aromatic heterocycles. The molecule has 0 spiro atoms. The topological polar surface area (TPSA) is 141 Å². The smallest absolute Gasteiger partial charge is 0.255 e. The van der Waals surface area contributed by atoms with Gasteiger partial charge in [-0.3, -0.25) is 23.9 Å². The number of aromatic amines is 1. The molecular formula is C23H23N7O4S. The Morgan fingerprint density at radius 3 is 2.83 bits per heavy atom. The summed E-state index contributed by atoms with van der Waals surface area (Å²) < 4.78 is 8.39. The lowest BCUT2D eigenvalue weighted by molar-refractivity contribution is -0.116. The van der Waals surface area contributed by atoms with Gasteiger partial charge in [-0.15, -0.1) is 0 Å². The third-order valence-electron chi connectivity index (χ3n) is 5.75. The van der Waals surface area contributed by atoms with Crippen LogP contribution in [0.15, 0.2) is 49.7 Å². The highest BCUT2D eigenvalue weighted by atomic mass is 32.2. The predicted molar refractivity (Wildman–Crippen MR) is 130 cm³/mol. The Hall–Kier alpha value is -3.93. The number of aryl methyl sites for hydroxylation is 2. The van der Waals surface area contributed by atoms with E-state index in [0.29, 0.717) is 51.6 Å². The minimum absolute atomic E-state index is 0.0731. The van der Waals surface area contributed by atoms with Crippen molar-refractivity contribution in [3.05, 3.63) is 68.2 Å². The third-order valence-corrected chi connectivity index (χ3v) is 6.85. The fraction of sp³-hybridized carbons (Fsp3) is 0.304. The van der Waals surface area contributed by atoms with Crippen molar-refractivity contribution in [2.45, 2.75) is 44.8 Å². The second-order valence-corrected chi connectivity index (χ2v) is 9.20. The Bertz CT molecular complexity index is 1530. The standard InChI is InChI=1S/C23H23N7O4S/c1-4-15-13(3)25-22(27-21(15)33)30-18(10-16(28-30)17-6-5-7-34-17)26-19(31)9-14-11-35-23-24-12(2)8-20(32)29(14)23/h5-8,10,14H,4,9,11H2,1-3H3,(H,26,31)(H,25,27,33). The molecule has 12 heteroatoms. The Kier molecular flexibility index (Phi) is 5.89. The molecule has 1 unspecified atom stereocenters. The number of fused-ring (bicyclic) bond motifs is 1. The molecule has 1 aliphatic rings. The van der Waals surface area contributed by atoms with Gasteiger partial charge >= 0.3 is 0 Å². The number of thioether (sulfide) groups is 1. The van der Waals surface area contributed by atoms with E-state index in [0.717, 1.165) is 0 Å². The maximum Gasteiger partial charge on any atom is 0.255 e. The Labute approximate surface area is 203 Å². The number of rotatable bonds is 6. The van der Waals surface area contributed by atoms with Crippen molar-refractivity contribution < 1.29 is 9.21 Å². The van der Waals surface area contributed by atoms with Crippen LogP contribution in [-0.4, -0.2) is 41.0 Å². The SMILES string of the molecule is CCc1c(C)nc(-n2nc(-c3ccco3)cc2NC(=O)CC2CSc3nc(C)cc(=O)n32)[nH]c1=O. The minimum Gasteiger partial charge on any atom is -0.463 e. The van der Waals surface area contributed by atoms with Crippen LogP contribution in [0.1, 0.15) is 36.3 Å². The fourth-order valence-electron chi connectivity index (χ4n) is 4.11. The van der Waals surface area contributed by atoms with Crippen molar-refractivity contribution in [3.63, 3.8) is 0 Å². The number of hydrogen-bond acceptors (Lipinski definition) is 8. The van der Waals surface area contributed by atoms with Crippen molar-refractivity contribution in [2.75, 3.05) is 11.1 Å². The number of hydrogen-bond donors (Lipinski definition) is 2. The molecular weight excluding hydrogens is 470 g/mol. The first-order valence-corrected chi connectivity index (χ1v) is 12.1. The molecule has 5 heterocycles. The van der Waals surface area contributed by atoms with Gasteiger partial charge in [0.05, 0.1) is 12.3 Å². The summed E-state index contributed by atoms with van der Waals surface area (Å²) in [4.78, 5) is 49.7. The van der Waals surface area contributed by atoms with Crippen LogP contribution in [0, 0.1) is 13.8 Å². The predicted octanol–water partition coefficient (Wildman–Crippen LogP) is 2.63. The lowest BCUT2D eigenvalue weighted by Crippen LogP contribution is -2.28. The molecule has 4 aromatic rings. The molecule has 0 radical (unpaired) electrons. The third kappa shape index (κ3) is 4.32. The first-order valence-electron chi connectivity index (χ1n) is 11.1. The number of aromatic nitrogens is 6. The zero-order valence-corrected chi connectivity index (χ0v) is 20.2. The molecule has 1 aliphatic heterocycles. The molecule has 180 valence electrons. The Morgan fingerprint density at radius 2 is 2.11 bits per heavy atom. The van der Waals surface area contributed by atoms with E-state index in [-0.39, 0.29) is 35.4 Å². The summed E-state index contributed by atoms with van der Waals surface area (Å²) in [5.74, 6) is 1.25. The Balaban J connectivity index is 1.47. The van der Waals surface area contributed by atoms with Gasteiger partial charge in [0.2, 0.25) is 11.9 Å². The van der Waals surface area contributed by atoms with Crippen LogP contribution in [0.4, 0.5) is 5.82 Å². The van der Waals surface area contributed by atoms with Gasteiger partial charge in [0.25, 0.3) is 11.1 Å². The fourth-order valence-corrected chi connectivity index (χ4v) is 5.30. The first kappa shape index (κ1) is 22.8.